The lowest BCUT2D eigenvalue weighted by Gasteiger charge is -2.10. The summed E-state index contributed by atoms with van der Waals surface area (Å²) in [5.74, 6) is 0.526. The number of carboxylic acids is 1. The van der Waals surface area contributed by atoms with E-state index in [-0.39, 0.29) is 5.56 Å². The summed E-state index contributed by atoms with van der Waals surface area (Å²) in [6.45, 7) is 4.24. The van der Waals surface area contributed by atoms with E-state index in [9.17, 15) is 9.90 Å². The normalized spacial score (nSPS) is 10.4. The predicted molar refractivity (Wildman–Crippen MR) is 74.6 cm³/mol. The van der Waals surface area contributed by atoms with E-state index in [0.29, 0.717) is 17.1 Å². The molecule has 0 saturated carbocycles. The maximum Gasteiger partial charge on any atom is 0.339 e. The minimum absolute atomic E-state index is 0.229. The summed E-state index contributed by atoms with van der Waals surface area (Å²) in [7, 11) is 0. The first-order valence-corrected chi connectivity index (χ1v) is 7.27. The van der Waals surface area contributed by atoms with Crippen LogP contribution in [0.15, 0.2) is 0 Å². The minimum Gasteiger partial charge on any atom is -0.478 e. The van der Waals surface area contributed by atoms with Crippen LogP contribution in [0.4, 0.5) is 5.82 Å². The zero-order chi connectivity index (χ0) is 13.5. The largest absolute Gasteiger partial charge is 0.478 e. The van der Waals surface area contributed by atoms with Gasteiger partial charge in [-0.05, 0) is 44.3 Å². The quantitative estimate of drug-likeness (QED) is 0.740. The topological polar surface area (TPSA) is 75.1 Å². The third kappa shape index (κ3) is 3.87. The number of unbranched alkanes of at least 4 members (excludes halogenated alkanes) is 1. The van der Waals surface area contributed by atoms with Crippen LogP contribution in [0.25, 0.3) is 0 Å². The summed E-state index contributed by atoms with van der Waals surface area (Å²) in [6, 6.07) is 0. The molecule has 0 atom stereocenters. The van der Waals surface area contributed by atoms with E-state index >= 15 is 0 Å². The maximum absolute atomic E-state index is 11.2. The number of aromatic nitrogens is 2. The summed E-state index contributed by atoms with van der Waals surface area (Å²) in [5.41, 5.74) is 1.55. The number of nitrogens with one attached hydrogen (secondary N) is 1. The number of carbonyl (C=O) groups is 1. The van der Waals surface area contributed by atoms with Crippen LogP contribution in [-0.2, 0) is 0 Å². The van der Waals surface area contributed by atoms with Crippen LogP contribution in [0.2, 0.25) is 0 Å². The number of aromatic carboxylic acids is 1. The van der Waals surface area contributed by atoms with Gasteiger partial charge in [-0.1, -0.05) is 0 Å². The second kappa shape index (κ2) is 7.20. The van der Waals surface area contributed by atoms with Crippen LogP contribution in [0.1, 0.15) is 34.5 Å². The van der Waals surface area contributed by atoms with Crippen LogP contribution in [-0.4, -0.2) is 39.8 Å². The monoisotopic (exact) mass is 269 g/mol. The average Bonchev–Trinajstić information content (AvgIpc) is 2.33. The van der Waals surface area contributed by atoms with Crippen LogP contribution in [0, 0.1) is 13.8 Å². The maximum atomic E-state index is 11.2. The van der Waals surface area contributed by atoms with Crippen LogP contribution >= 0.6 is 11.8 Å². The van der Waals surface area contributed by atoms with Gasteiger partial charge < -0.3 is 10.4 Å². The van der Waals surface area contributed by atoms with Gasteiger partial charge in [-0.25, -0.2) is 4.79 Å². The fourth-order valence-corrected chi connectivity index (χ4v) is 2.06. The fourth-order valence-electron chi connectivity index (χ4n) is 1.57. The van der Waals surface area contributed by atoms with Gasteiger partial charge in [-0.2, -0.15) is 16.9 Å². The van der Waals surface area contributed by atoms with E-state index in [1.807, 2.05) is 11.8 Å². The molecule has 0 bridgehead atoms. The van der Waals surface area contributed by atoms with Gasteiger partial charge in [0.25, 0.3) is 0 Å². The standard InChI is InChI=1S/C12H19N3O2S/c1-8-9(2)14-15-11(10(8)12(16)17)13-6-4-5-7-18-3/h4-7H2,1-3H3,(H,13,15)(H,16,17). The Morgan fingerprint density at radius 3 is 2.67 bits per heavy atom. The van der Waals surface area contributed by atoms with E-state index in [0.717, 1.165) is 25.1 Å². The van der Waals surface area contributed by atoms with Gasteiger partial charge in [-0.3, -0.25) is 0 Å². The Bertz CT molecular complexity index is 424. The number of anilines is 1. The highest BCUT2D eigenvalue weighted by atomic mass is 32.2. The first kappa shape index (κ1) is 14.8. The molecule has 1 rings (SSSR count). The van der Waals surface area contributed by atoms with Crippen molar-refractivity contribution in [3.8, 4) is 0 Å². The van der Waals surface area contributed by atoms with Crippen molar-refractivity contribution in [1.82, 2.24) is 10.2 Å². The molecule has 0 amide bonds. The van der Waals surface area contributed by atoms with E-state index in [4.69, 9.17) is 0 Å². The Morgan fingerprint density at radius 2 is 2.06 bits per heavy atom. The molecule has 6 heteroatoms. The predicted octanol–water partition coefficient (Wildman–Crippen LogP) is 2.35. The van der Waals surface area contributed by atoms with Gasteiger partial charge in [0.1, 0.15) is 5.56 Å². The van der Waals surface area contributed by atoms with Crippen molar-refractivity contribution >= 4 is 23.5 Å². The molecule has 0 aliphatic rings. The van der Waals surface area contributed by atoms with Crippen molar-refractivity contribution < 1.29 is 9.90 Å². The molecule has 1 heterocycles. The van der Waals surface area contributed by atoms with Gasteiger partial charge in [0, 0.05) is 6.54 Å². The van der Waals surface area contributed by atoms with Gasteiger partial charge in [0.15, 0.2) is 5.82 Å². The summed E-state index contributed by atoms with van der Waals surface area (Å²) in [6.07, 6.45) is 4.17. The van der Waals surface area contributed by atoms with Crippen molar-refractivity contribution in [2.24, 2.45) is 0 Å². The molecule has 1 aromatic rings. The van der Waals surface area contributed by atoms with Crippen LogP contribution in [0.3, 0.4) is 0 Å². The van der Waals surface area contributed by atoms with Crippen molar-refractivity contribution in [1.29, 1.82) is 0 Å². The summed E-state index contributed by atoms with van der Waals surface area (Å²) in [4.78, 5) is 11.2. The molecule has 2 N–H and O–H groups in total. The third-order valence-corrected chi connectivity index (χ3v) is 3.43. The molecule has 0 unspecified atom stereocenters. The Labute approximate surface area is 111 Å². The van der Waals surface area contributed by atoms with E-state index in [2.05, 4.69) is 21.8 Å². The molecule has 0 fully saturated rings. The highest BCUT2D eigenvalue weighted by molar-refractivity contribution is 7.98. The molecule has 0 spiro atoms. The number of nitrogens with zero attached hydrogens (tertiary/aromatic N) is 2. The molecule has 0 aliphatic carbocycles. The van der Waals surface area contributed by atoms with E-state index < -0.39 is 5.97 Å². The molecule has 5 nitrogen and oxygen atoms in total. The Hall–Kier alpha value is -1.30. The first-order valence-electron chi connectivity index (χ1n) is 5.88. The average molecular weight is 269 g/mol. The van der Waals surface area contributed by atoms with Crippen molar-refractivity contribution in [3.05, 3.63) is 16.8 Å². The first-order chi connectivity index (χ1) is 8.57. The van der Waals surface area contributed by atoms with Gasteiger partial charge in [-0.15, -0.1) is 5.10 Å². The van der Waals surface area contributed by atoms with Gasteiger partial charge >= 0.3 is 5.97 Å². The lowest BCUT2D eigenvalue weighted by atomic mass is 10.1. The summed E-state index contributed by atoms with van der Waals surface area (Å²) in [5, 5.41) is 20.1. The number of rotatable bonds is 7. The highest BCUT2D eigenvalue weighted by Gasteiger charge is 2.17. The molecular formula is C12H19N3O2S. The SMILES string of the molecule is CSCCCCNc1nnc(C)c(C)c1C(=O)O. The summed E-state index contributed by atoms with van der Waals surface area (Å²) >= 11 is 1.81. The number of carboxylic acid groups (broad SMARTS) is 1. The zero-order valence-corrected chi connectivity index (χ0v) is 11.8. The molecule has 100 valence electrons. The van der Waals surface area contributed by atoms with Gasteiger partial charge in [0.2, 0.25) is 0 Å². The van der Waals surface area contributed by atoms with E-state index in [1.165, 1.54) is 0 Å². The zero-order valence-electron chi connectivity index (χ0n) is 11.0. The van der Waals surface area contributed by atoms with Crippen LogP contribution in [0.5, 0.6) is 0 Å². The van der Waals surface area contributed by atoms with Crippen molar-refractivity contribution in [3.63, 3.8) is 0 Å². The van der Waals surface area contributed by atoms with E-state index in [1.54, 1.807) is 13.8 Å². The lowest BCUT2D eigenvalue weighted by molar-refractivity contribution is 0.0696. The molecular weight excluding hydrogens is 250 g/mol. The summed E-state index contributed by atoms with van der Waals surface area (Å²) < 4.78 is 0. The third-order valence-electron chi connectivity index (χ3n) is 2.74. The fraction of sp³-hybridized carbons (Fsp3) is 0.583. The molecule has 0 saturated heterocycles. The van der Waals surface area contributed by atoms with Gasteiger partial charge in [0.05, 0.1) is 5.69 Å². The Kier molecular flexibility index (Phi) is 5.91. The minimum atomic E-state index is -0.961. The highest BCUT2D eigenvalue weighted by Crippen LogP contribution is 2.18. The number of thioether (sulfide) groups is 1. The molecule has 0 aliphatic heterocycles. The number of hydrogen-bond acceptors (Lipinski definition) is 5. The smallest absolute Gasteiger partial charge is 0.339 e. The lowest BCUT2D eigenvalue weighted by Crippen LogP contribution is -2.13. The molecule has 0 aromatic carbocycles. The number of hydrogen-bond donors (Lipinski definition) is 2. The second-order valence-electron chi connectivity index (χ2n) is 4.07. The van der Waals surface area contributed by atoms with Crippen molar-refractivity contribution in [2.45, 2.75) is 26.7 Å². The van der Waals surface area contributed by atoms with Crippen molar-refractivity contribution in [2.75, 3.05) is 23.9 Å². The second-order valence-corrected chi connectivity index (χ2v) is 5.05. The van der Waals surface area contributed by atoms with Crippen LogP contribution < -0.4 is 5.32 Å². The Balaban J connectivity index is 2.70. The Morgan fingerprint density at radius 1 is 1.33 bits per heavy atom. The number of aryl methyl sites for hydroxylation is 1. The molecule has 0 radical (unpaired) electrons. The molecule has 1 aromatic heterocycles. The molecule has 18 heavy (non-hydrogen) atoms.